The first kappa shape index (κ1) is 14.5. The second-order valence-electron chi connectivity index (χ2n) is 7.88. The number of nitrogens with one attached hydrogen (secondary N) is 1. The van der Waals surface area contributed by atoms with E-state index in [1.807, 2.05) is 0 Å². The highest BCUT2D eigenvalue weighted by atomic mass is 16.4. The average Bonchev–Trinajstić information content (AvgIpc) is 3.31. The lowest BCUT2D eigenvalue weighted by atomic mass is 9.85. The molecule has 2 unspecified atom stereocenters. The Morgan fingerprint density at radius 2 is 1.77 bits per heavy atom. The van der Waals surface area contributed by atoms with Crippen molar-refractivity contribution in [3.05, 3.63) is 0 Å². The standard InChI is InChI=1S/C17H26N2O3/c20-15(21)9-19(8-10-4-5-10)12-6-11(7-12)18-17(22)16-13-2-1-3-14(13)16/h10-14,16H,1-9H2,(H,18,22)(H,20,21). The molecule has 0 aromatic rings. The van der Waals surface area contributed by atoms with E-state index < -0.39 is 5.97 Å². The van der Waals surface area contributed by atoms with Crippen molar-refractivity contribution in [1.82, 2.24) is 10.2 Å². The monoisotopic (exact) mass is 306 g/mol. The van der Waals surface area contributed by atoms with Gasteiger partial charge in [0.1, 0.15) is 0 Å². The molecule has 5 heteroatoms. The number of amides is 1. The van der Waals surface area contributed by atoms with E-state index in [-0.39, 0.29) is 18.5 Å². The smallest absolute Gasteiger partial charge is 0.317 e. The molecule has 0 radical (unpaired) electrons. The highest BCUT2D eigenvalue weighted by molar-refractivity contribution is 5.82. The number of carbonyl (C=O) groups excluding carboxylic acids is 1. The minimum Gasteiger partial charge on any atom is -0.480 e. The summed E-state index contributed by atoms with van der Waals surface area (Å²) < 4.78 is 0. The molecule has 4 aliphatic carbocycles. The fourth-order valence-corrected chi connectivity index (χ4v) is 4.66. The molecule has 0 saturated heterocycles. The van der Waals surface area contributed by atoms with Crippen LogP contribution in [0.1, 0.15) is 44.9 Å². The van der Waals surface area contributed by atoms with Crippen LogP contribution in [0.5, 0.6) is 0 Å². The van der Waals surface area contributed by atoms with Crippen molar-refractivity contribution in [1.29, 1.82) is 0 Å². The van der Waals surface area contributed by atoms with Crippen molar-refractivity contribution < 1.29 is 14.7 Å². The first-order valence-corrected chi connectivity index (χ1v) is 8.88. The summed E-state index contributed by atoms with van der Waals surface area (Å²) in [6.07, 6.45) is 8.12. The maximum Gasteiger partial charge on any atom is 0.317 e. The average molecular weight is 306 g/mol. The lowest BCUT2D eigenvalue weighted by Gasteiger charge is -2.42. The largest absolute Gasteiger partial charge is 0.480 e. The third-order valence-electron chi connectivity index (χ3n) is 6.21. The summed E-state index contributed by atoms with van der Waals surface area (Å²) in [5.41, 5.74) is 0. The Morgan fingerprint density at radius 1 is 1.09 bits per heavy atom. The molecule has 5 nitrogen and oxygen atoms in total. The van der Waals surface area contributed by atoms with Gasteiger partial charge in [-0.2, -0.15) is 0 Å². The van der Waals surface area contributed by atoms with Crippen molar-refractivity contribution in [2.45, 2.75) is 57.0 Å². The molecule has 0 spiro atoms. The van der Waals surface area contributed by atoms with Gasteiger partial charge in [-0.25, -0.2) is 0 Å². The van der Waals surface area contributed by atoms with Gasteiger partial charge in [-0.05, 0) is 56.3 Å². The second-order valence-corrected chi connectivity index (χ2v) is 7.88. The molecule has 0 aromatic carbocycles. The van der Waals surface area contributed by atoms with E-state index >= 15 is 0 Å². The van der Waals surface area contributed by atoms with Gasteiger partial charge < -0.3 is 10.4 Å². The Kier molecular flexibility index (Phi) is 3.63. The van der Waals surface area contributed by atoms with Gasteiger partial charge in [0.25, 0.3) is 0 Å². The van der Waals surface area contributed by atoms with E-state index in [9.17, 15) is 9.59 Å². The minimum atomic E-state index is -0.737. The molecule has 4 aliphatic rings. The predicted octanol–water partition coefficient (Wildman–Crippen LogP) is 1.48. The Bertz CT molecular complexity index is 461. The van der Waals surface area contributed by atoms with Crippen LogP contribution in [0.25, 0.3) is 0 Å². The predicted molar refractivity (Wildman–Crippen MR) is 81.2 cm³/mol. The van der Waals surface area contributed by atoms with E-state index in [0.29, 0.717) is 29.7 Å². The molecule has 0 aliphatic heterocycles. The van der Waals surface area contributed by atoms with Crippen LogP contribution in [0.4, 0.5) is 0 Å². The number of hydrogen-bond acceptors (Lipinski definition) is 3. The van der Waals surface area contributed by atoms with Crippen LogP contribution in [0.2, 0.25) is 0 Å². The summed E-state index contributed by atoms with van der Waals surface area (Å²) in [6, 6.07) is 0.620. The summed E-state index contributed by atoms with van der Waals surface area (Å²) in [5, 5.41) is 12.3. The second kappa shape index (κ2) is 5.52. The van der Waals surface area contributed by atoms with Crippen LogP contribution in [-0.2, 0) is 9.59 Å². The van der Waals surface area contributed by atoms with Gasteiger partial charge in [0, 0.05) is 24.5 Å². The van der Waals surface area contributed by atoms with Crippen LogP contribution in [0.3, 0.4) is 0 Å². The van der Waals surface area contributed by atoms with Gasteiger partial charge in [0.05, 0.1) is 6.54 Å². The maximum atomic E-state index is 12.2. The molecule has 0 bridgehead atoms. The van der Waals surface area contributed by atoms with Crippen LogP contribution < -0.4 is 5.32 Å². The lowest BCUT2D eigenvalue weighted by Crippen LogP contribution is -2.55. The number of carbonyl (C=O) groups is 2. The summed E-state index contributed by atoms with van der Waals surface area (Å²) in [6.45, 7) is 1.07. The molecule has 0 heterocycles. The van der Waals surface area contributed by atoms with Crippen molar-refractivity contribution in [3.8, 4) is 0 Å². The quantitative estimate of drug-likeness (QED) is 0.747. The zero-order chi connectivity index (χ0) is 15.3. The van der Waals surface area contributed by atoms with Crippen LogP contribution in [-0.4, -0.2) is 47.1 Å². The third kappa shape index (κ3) is 2.87. The summed E-state index contributed by atoms with van der Waals surface area (Å²) >= 11 is 0. The molecule has 4 saturated carbocycles. The fourth-order valence-electron chi connectivity index (χ4n) is 4.66. The van der Waals surface area contributed by atoms with Crippen LogP contribution in [0, 0.1) is 23.7 Å². The third-order valence-corrected chi connectivity index (χ3v) is 6.21. The highest BCUT2D eigenvalue weighted by Crippen LogP contribution is 2.57. The van der Waals surface area contributed by atoms with Crippen molar-refractivity contribution in [2.75, 3.05) is 13.1 Å². The van der Waals surface area contributed by atoms with E-state index in [1.165, 1.54) is 32.1 Å². The number of carboxylic acid groups (broad SMARTS) is 1. The normalized spacial score (nSPS) is 39.2. The molecule has 4 rings (SSSR count). The van der Waals surface area contributed by atoms with E-state index in [1.54, 1.807) is 0 Å². The number of rotatable bonds is 7. The van der Waals surface area contributed by atoms with Crippen molar-refractivity contribution in [2.24, 2.45) is 23.7 Å². The van der Waals surface area contributed by atoms with Gasteiger partial charge >= 0.3 is 5.97 Å². The SMILES string of the molecule is O=C(O)CN(CC1CC1)C1CC(NC(=O)C2C3CCCC32)C1. The fraction of sp³-hybridized carbons (Fsp3) is 0.882. The zero-order valence-corrected chi connectivity index (χ0v) is 13.0. The Balaban J connectivity index is 1.22. The molecule has 2 atom stereocenters. The Morgan fingerprint density at radius 3 is 2.36 bits per heavy atom. The lowest BCUT2D eigenvalue weighted by molar-refractivity contribution is -0.140. The summed E-state index contributed by atoms with van der Waals surface area (Å²) in [4.78, 5) is 25.4. The van der Waals surface area contributed by atoms with E-state index in [2.05, 4.69) is 10.2 Å². The highest BCUT2D eigenvalue weighted by Gasteiger charge is 2.56. The molecular weight excluding hydrogens is 280 g/mol. The summed E-state index contributed by atoms with van der Waals surface area (Å²) in [7, 11) is 0. The van der Waals surface area contributed by atoms with Gasteiger partial charge in [0.2, 0.25) is 5.91 Å². The number of fused-ring (bicyclic) bond motifs is 1. The minimum absolute atomic E-state index is 0.147. The number of carboxylic acids is 1. The van der Waals surface area contributed by atoms with Crippen LogP contribution >= 0.6 is 0 Å². The van der Waals surface area contributed by atoms with Crippen LogP contribution in [0.15, 0.2) is 0 Å². The Labute approximate surface area is 131 Å². The summed E-state index contributed by atoms with van der Waals surface area (Å²) in [5.74, 6) is 1.89. The molecule has 0 aromatic heterocycles. The molecule has 2 N–H and O–H groups in total. The number of aliphatic carboxylic acids is 1. The molecule has 1 amide bonds. The van der Waals surface area contributed by atoms with Gasteiger partial charge in [0.15, 0.2) is 0 Å². The number of hydrogen-bond donors (Lipinski definition) is 2. The first-order chi connectivity index (χ1) is 10.6. The molecule has 122 valence electrons. The Hall–Kier alpha value is -1.10. The van der Waals surface area contributed by atoms with Gasteiger partial charge in [-0.3, -0.25) is 14.5 Å². The van der Waals surface area contributed by atoms with Crippen molar-refractivity contribution in [3.63, 3.8) is 0 Å². The number of nitrogens with zero attached hydrogens (tertiary/aromatic N) is 1. The molecular formula is C17H26N2O3. The maximum absolute atomic E-state index is 12.2. The topological polar surface area (TPSA) is 69.6 Å². The molecule has 4 fully saturated rings. The van der Waals surface area contributed by atoms with E-state index in [4.69, 9.17) is 5.11 Å². The van der Waals surface area contributed by atoms with E-state index in [0.717, 1.165) is 19.4 Å². The van der Waals surface area contributed by atoms with Gasteiger partial charge in [-0.1, -0.05) is 6.42 Å². The first-order valence-electron chi connectivity index (χ1n) is 8.88. The molecule has 22 heavy (non-hydrogen) atoms. The van der Waals surface area contributed by atoms with Crippen molar-refractivity contribution >= 4 is 11.9 Å². The zero-order valence-electron chi connectivity index (χ0n) is 13.0. The van der Waals surface area contributed by atoms with Gasteiger partial charge in [-0.15, -0.1) is 0 Å².